The third-order valence-electron chi connectivity index (χ3n) is 5.32. The Morgan fingerprint density at radius 2 is 1.89 bits per heavy atom. The first-order valence-electron chi connectivity index (χ1n) is 10.4. The van der Waals surface area contributed by atoms with Crippen molar-refractivity contribution in [3.63, 3.8) is 0 Å². The Kier molecular flexibility index (Phi) is 8.45. The van der Waals surface area contributed by atoms with Gasteiger partial charge in [0.2, 0.25) is 0 Å². The van der Waals surface area contributed by atoms with Crippen molar-refractivity contribution in [1.82, 2.24) is 15.2 Å². The lowest BCUT2D eigenvalue weighted by atomic mass is 10.0. The lowest BCUT2D eigenvalue weighted by Gasteiger charge is -2.26. The molecule has 0 saturated carbocycles. The van der Waals surface area contributed by atoms with E-state index in [-0.39, 0.29) is 5.56 Å². The summed E-state index contributed by atoms with van der Waals surface area (Å²) in [5.74, 6) is 0. The molecule has 0 radical (unpaired) electrons. The van der Waals surface area contributed by atoms with Crippen LogP contribution in [0.25, 0.3) is 10.9 Å². The van der Waals surface area contributed by atoms with E-state index in [0.29, 0.717) is 6.54 Å². The van der Waals surface area contributed by atoms with Gasteiger partial charge in [-0.15, -0.1) is 0 Å². The van der Waals surface area contributed by atoms with Crippen LogP contribution in [0, 0.1) is 13.8 Å². The highest BCUT2D eigenvalue weighted by Crippen LogP contribution is 2.19. The van der Waals surface area contributed by atoms with Crippen molar-refractivity contribution in [2.45, 2.75) is 47.6 Å². The minimum atomic E-state index is -0.0313. The first-order chi connectivity index (χ1) is 13.4. The van der Waals surface area contributed by atoms with Gasteiger partial charge in [0, 0.05) is 36.0 Å². The third kappa shape index (κ3) is 5.79. The Morgan fingerprint density at radius 1 is 1.18 bits per heavy atom. The van der Waals surface area contributed by atoms with Crippen molar-refractivity contribution in [1.29, 1.82) is 0 Å². The van der Waals surface area contributed by atoms with Crippen LogP contribution in [-0.2, 0) is 6.54 Å². The smallest absolute Gasteiger partial charge is 0.253 e. The number of aryl methyl sites for hydroxylation is 2. The monoisotopic (exact) mass is 403 g/mol. The number of thiocarbonyl (C=S) groups is 1. The molecule has 0 bridgehead atoms. The van der Waals surface area contributed by atoms with Crippen LogP contribution in [0.15, 0.2) is 23.0 Å². The Hall–Kier alpha value is -1.92. The summed E-state index contributed by atoms with van der Waals surface area (Å²) in [4.78, 5) is 19.5. The zero-order valence-electron chi connectivity index (χ0n) is 17.9. The molecule has 28 heavy (non-hydrogen) atoms. The predicted octanol–water partition coefficient (Wildman–Crippen LogP) is 2.16. The number of pyridine rings is 1. The number of hydrogen-bond acceptors (Lipinski definition) is 2. The standard InChI is InChI=1S/C22H34N4OS/c1-6-23-22(28)26(11-9-10-25(7-2)8-3)15-18-14-19-17(5)12-16(4)13-20(19)24-21(18)27/h12-14H,6-11,15H2,1-5H3,(H,23,28)(H,24,27)/p+1. The second kappa shape index (κ2) is 10.6. The lowest BCUT2D eigenvalue weighted by Crippen LogP contribution is -3.11. The van der Waals surface area contributed by atoms with Crippen molar-refractivity contribution in [3.8, 4) is 0 Å². The molecule has 2 rings (SSSR count). The molecular formula is C22H35N4OS+. The van der Waals surface area contributed by atoms with Crippen LogP contribution in [0.5, 0.6) is 0 Å². The van der Waals surface area contributed by atoms with Crippen molar-refractivity contribution in [3.05, 3.63) is 45.2 Å². The SMILES string of the molecule is CCNC(=S)N(CCC[NH+](CC)CC)Cc1cc2c(C)cc(C)cc2[nH]c1=O. The number of aromatic amines is 1. The van der Waals surface area contributed by atoms with E-state index in [0.717, 1.165) is 66.3 Å². The fraction of sp³-hybridized carbons (Fsp3) is 0.545. The molecule has 3 N–H and O–H groups in total. The molecule has 1 aromatic heterocycles. The van der Waals surface area contributed by atoms with E-state index in [1.54, 1.807) is 4.90 Å². The molecule has 0 amide bonds. The van der Waals surface area contributed by atoms with Gasteiger partial charge >= 0.3 is 0 Å². The first-order valence-corrected chi connectivity index (χ1v) is 10.8. The first kappa shape index (κ1) is 22.4. The maximum Gasteiger partial charge on any atom is 0.253 e. The molecule has 0 aliphatic rings. The van der Waals surface area contributed by atoms with Crippen LogP contribution in [-0.4, -0.2) is 47.7 Å². The fourth-order valence-electron chi connectivity index (χ4n) is 3.68. The number of benzene rings is 1. The molecule has 0 aliphatic heterocycles. The van der Waals surface area contributed by atoms with Crippen molar-refractivity contribution in [2.75, 3.05) is 32.7 Å². The Morgan fingerprint density at radius 3 is 2.54 bits per heavy atom. The molecule has 0 atom stereocenters. The number of fused-ring (bicyclic) bond motifs is 1. The summed E-state index contributed by atoms with van der Waals surface area (Å²) in [7, 11) is 0. The Bertz CT molecular complexity index is 857. The van der Waals surface area contributed by atoms with Crippen molar-refractivity contribution < 1.29 is 4.90 Å². The summed E-state index contributed by atoms with van der Waals surface area (Å²) in [6, 6.07) is 6.21. The molecule has 154 valence electrons. The van der Waals surface area contributed by atoms with Gasteiger partial charge in [-0.25, -0.2) is 0 Å². The number of quaternary nitrogens is 1. The minimum absolute atomic E-state index is 0.0313. The van der Waals surface area contributed by atoms with Gasteiger partial charge in [-0.3, -0.25) is 4.79 Å². The predicted molar refractivity (Wildman–Crippen MR) is 122 cm³/mol. The van der Waals surface area contributed by atoms with Gasteiger partial charge in [0.1, 0.15) is 0 Å². The van der Waals surface area contributed by atoms with Crippen LogP contribution in [0.4, 0.5) is 0 Å². The molecule has 6 heteroatoms. The molecule has 0 unspecified atom stereocenters. The summed E-state index contributed by atoms with van der Waals surface area (Å²) >= 11 is 5.59. The van der Waals surface area contributed by atoms with E-state index in [9.17, 15) is 4.79 Å². The van der Waals surface area contributed by atoms with Crippen LogP contribution < -0.4 is 15.8 Å². The second-order valence-electron chi connectivity index (χ2n) is 7.48. The number of nitrogens with zero attached hydrogens (tertiary/aromatic N) is 1. The molecule has 1 heterocycles. The zero-order chi connectivity index (χ0) is 20.7. The van der Waals surface area contributed by atoms with E-state index in [2.05, 4.69) is 42.0 Å². The van der Waals surface area contributed by atoms with Gasteiger partial charge in [0.15, 0.2) is 5.11 Å². The molecule has 0 saturated heterocycles. The van der Waals surface area contributed by atoms with Crippen LogP contribution in [0.2, 0.25) is 0 Å². The van der Waals surface area contributed by atoms with E-state index < -0.39 is 0 Å². The number of nitrogens with one attached hydrogen (secondary N) is 3. The summed E-state index contributed by atoms with van der Waals surface area (Å²) in [6.07, 6.45) is 1.05. The zero-order valence-corrected chi connectivity index (χ0v) is 18.8. The van der Waals surface area contributed by atoms with Crippen LogP contribution >= 0.6 is 12.2 Å². The average molecular weight is 404 g/mol. The van der Waals surface area contributed by atoms with Gasteiger partial charge in [-0.2, -0.15) is 0 Å². The number of rotatable bonds is 9. The maximum atomic E-state index is 12.7. The van der Waals surface area contributed by atoms with Crippen molar-refractivity contribution >= 4 is 28.2 Å². The average Bonchev–Trinajstić information content (AvgIpc) is 2.65. The fourth-order valence-corrected chi connectivity index (χ4v) is 3.98. The highest BCUT2D eigenvalue weighted by molar-refractivity contribution is 7.80. The summed E-state index contributed by atoms with van der Waals surface area (Å²) in [6.45, 7) is 16.2. The van der Waals surface area contributed by atoms with Gasteiger partial charge in [0.05, 0.1) is 26.2 Å². The van der Waals surface area contributed by atoms with Crippen LogP contribution in [0.3, 0.4) is 0 Å². The summed E-state index contributed by atoms with van der Waals surface area (Å²) < 4.78 is 0. The van der Waals surface area contributed by atoms with Gasteiger partial charge in [0.25, 0.3) is 5.56 Å². The molecule has 0 aliphatic carbocycles. The highest BCUT2D eigenvalue weighted by Gasteiger charge is 2.14. The minimum Gasteiger partial charge on any atom is -0.363 e. The molecule has 5 nitrogen and oxygen atoms in total. The van der Waals surface area contributed by atoms with Gasteiger partial charge < -0.3 is 20.1 Å². The van der Waals surface area contributed by atoms with Crippen molar-refractivity contribution in [2.24, 2.45) is 0 Å². The third-order valence-corrected chi connectivity index (χ3v) is 5.73. The summed E-state index contributed by atoms with van der Waals surface area (Å²) in [5.41, 5.74) is 3.96. The number of aromatic nitrogens is 1. The normalized spacial score (nSPS) is 11.2. The van der Waals surface area contributed by atoms with E-state index in [4.69, 9.17) is 12.2 Å². The highest BCUT2D eigenvalue weighted by atomic mass is 32.1. The Balaban J connectivity index is 2.23. The van der Waals surface area contributed by atoms with Crippen LogP contribution in [0.1, 0.15) is 43.9 Å². The molecule has 0 fully saturated rings. The van der Waals surface area contributed by atoms with E-state index in [1.165, 1.54) is 5.56 Å². The molecular weight excluding hydrogens is 368 g/mol. The maximum absolute atomic E-state index is 12.7. The Labute approximate surface area is 174 Å². The largest absolute Gasteiger partial charge is 0.363 e. The summed E-state index contributed by atoms with van der Waals surface area (Å²) in [5, 5.41) is 5.06. The van der Waals surface area contributed by atoms with E-state index in [1.807, 2.05) is 26.0 Å². The van der Waals surface area contributed by atoms with Gasteiger partial charge in [-0.1, -0.05) is 6.07 Å². The van der Waals surface area contributed by atoms with Gasteiger partial charge in [-0.05, 0) is 70.1 Å². The van der Waals surface area contributed by atoms with E-state index >= 15 is 0 Å². The quantitative estimate of drug-likeness (QED) is 0.562. The topological polar surface area (TPSA) is 52.6 Å². The number of hydrogen-bond donors (Lipinski definition) is 3. The molecule has 2 aromatic rings. The molecule has 0 spiro atoms. The molecule has 1 aromatic carbocycles. The number of H-pyrrole nitrogens is 1. The second-order valence-corrected chi connectivity index (χ2v) is 7.87. The lowest BCUT2D eigenvalue weighted by molar-refractivity contribution is -0.896.